The van der Waals surface area contributed by atoms with Crippen LogP contribution >= 0.6 is 0 Å². The summed E-state index contributed by atoms with van der Waals surface area (Å²) >= 11 is 0. The Morgan fingerprint density at radius 3 is 2.31 bits per heavy atom. The maximum Gasteiger partial charge on any atom is 0.0693 e. The van der Waals surface area contributed by atoms with Gasteiger partial charge in [-0.15, -0.1) is 0 Å². The lowest BCUT2D eigenvalue weighted by Gasteiger charge is -2.46. The van der Waals surface area contributed by atoms with Gasteiger partial charge in [-0.1, -0.05) is 19.3 Å². The van der Waals surface area contributed by atoms with Crippen molar-refractivity contribution in [2.24, 2.45) is 11.3 Å². The standard InChI is InChI=1S/C11H17NO/c12-8-11(6-3-7-11)9-4-1-2-5-10(9)13/h9-10,13H,1-7H2. The van der Waals surface area contributed by atoms with E-state index < -0.39 is 0 Å². The third kappa shape index (κ3) is 1.36. The van der Waals surface area contributed by atoms with Crippen LogP contribution < -0.4 is 0 Å². The van der Waals surface area contributed by atoms with Gasteiger partial charge in [-0.3, -0.25) is 0 Å². The molecule has 2 rings (SSSR count). The molecular formula is C11H17NO. The maximum absolute atomic E-state index is 9.85. The molecule has 0 amide bonds. The molecule has 0 bridgehead atoms. The van der Waals surface area contributed by atoms with Crippen molar-refractivity contribution in [2.75, 3.05) is 0 Å². The third-order valence-electron chi connectivity index (χ3n) is 3.91. The molecule has 2 nitrogen and oxygen atoms in total. The van der Waals surface area contributed by atoms with Crippen molar-refractivity contribution in [3.63, 3.8) is 0 Å². The van der Waals surface area contributed by atoms with E-state index in [1.54, 1.807) is 0 Å². The van der Waals surface area contributed by atoms with Gasteiger partial charge in [-0.05, 0) is 25.7 Å². The molecule has 2 saturated carbocycles. The molecule has 2 aliphatic carbocycles. The van der Waals surface area contributed by atoms with E-state index in [9.17, 15) is 5.11 Å². The fourth-order valence-electron chi connectivity index (χ4n) is 2.88. The highest BCUT2D eigenvalue weighted by Crippen LogP contribution is 2.51. The normalized spacial score (nSPS) is 37.5. The van der Waals surface area contributed by atoms with E-state index in [4.69, 9.17) is 5.26 Å². The van der Waals surface area contributed by atoms with E-state index in [0.717, 1.165) is 32.1 Å². The Morgan fingerprint density at radius 2 is 1.85 bits per heavy atom. The zero-order chi connectivity index (χ0) is 9.31. The minimum absolute atomic E-state index is 0.139. The van der Waals surface area contributed by atoms with Crippen LogP contribution in [0.15, 0.2) is 0 Å². The Labute approximate surface area is 79.6 Å². The van der Waals surface area contributed by atoms with Crippen LogP contribution in [0.3, 0.4) is 0 Å². The predicted molar refractivity (Wildman–Crippen MR) is 49.9 cm³/mol. The lowest BCUT2D eigenvalue weighted by atomic mass is 9.58. The average Bonchev–Trinajstić information content (AvgIpc) is 2.07. The Morgan fingerprint density at radius 1 is 1.15 bits per heavy atom. The molecule has 0 aromatic carbocycles. The van der Waals surface area contributed by atoms with E-state index in [-0.39, 0.29) is 17.4 Å². The first-order valence-corrected chi connectivity index (χ1v) is 5.38. The molecule has 2 heteroatoms. The monoisotopic (exact) mass is 179 g/mol. The molecule has 72 valence electrons. The lowest BCUT2D eigenvalue weighted by Crippen LogP contribution is -2.43. The summed E-state index contributed by atoms with van der Waals surface area (Å²) in [5, 5.41) is 19.0. The number of nitrogens with zero attached hydrogens (tertiary/aromatic N) is 1. The topological polar surface area (TPSA) is 44.0 Å². The van der Waals surface area contributed by atoms with Crippen molar-refractivity contribution in [1.29, 1.82) is 5.26 Å². The number of nitriles is 1. The summed E-state index contributed by atoms with van der Waals surface area (Å²) in [4.78, 5) is 0. The largest absolute Gasteiger partial charge is 0.393 e. The fraction of sp³-hybridized carbons (Fsp3) is 0.909. The van der Waals surface area contributed by atoms with Crippen molar-refractivity contribution in [2.45, 2.75) is 51.0 Å². The van der Waals surface area contributed by atoms with Crippen LogP contribution in [0.5, 0.6) is 0 Å². The molecule has 0 heterocycles. The minimum Gasteiger partial charge on any atom is -0.393 e. The van der Waals surface area contributed by atoms with Crippen molar-refractivity contribution in [3.8, 4) is 6.07 Å². The SMILES string of the molecule is N#CC1(C2CCCCC2O)CCC1. The summed E-state index contributed by atoms with van der Waals surface area (Å²) in [7, 11) is 0. The number of rotatable bonds is 1. The van der Waals surface area contributed by atoms with Gasteiger partial charge in [-0.2, -0.15) is 5.26 Å². The van der Waals surface area contributed by atoms with E-state index in [1.165, 1.54) is 12.8 Å². The van der Waals surface area contributed by atoms with Crippen LogP contribution in [0.4, 0.5) is 0 Å². The van der Waals surface area contributed by atoms with Crippen molar-refractivity contribution in [1.82, 2.24) is 0 Å². The molecule has 0 aromatic heterocycles. The summed E-state index contributed by atoms with van der Waals surface area (Å²) < 4.78 is 0. The molecular weight excluding hydrogens is 162 g/mol. The van der Waals surface area contributed by atoms with Crippen molar-refractivity contribution < 1.29 is 5.11 Å². The minimum atomic E-state index is -0.200. The second kappa shape index (κ2) is 3.31. The molecule has 2 unspecified atom stereocenters. The second-order valence-corrected chi connectivity index (χ2v) is 4.58. The predicted octanol–water partition coefficient (Wildman–Crippen LogP) is 2.23. The smallest absolute Gasteiger partial charge is 0.0693 e. The van der Waals surface area contributed by atoms with Gasteiger partial charge < -0.3 is 5.11 Å². The van der Waals surface area contributed by atoms with E-state index in [2.05, 4.69) is 6.07 Å². The molecule has 0 saturated heterocycles. The second-order valence-electron chi connectivity index (χ2n) is 4.58. The average molecular weight is 179 g/mol. The van der Waals surface area contributed by atoms with Gasteiger partial charge in [0.05, 0.1) is 17.6 Å². The van der Waals surface area contributed by atoms with Gasteiger partial charge in [0.2, 0.25) is 0 Å². The molecule has 0 aromatic rings. The van der Waals surface area contributed by atoms with Crippen LogP contribution in [0.2, 0.25) is 0 Å². The Kier molecular flexibility index (Phi) is 2.29. The van der Waals surface area contributed by atoms with Gasteiger partial charge in [0.15, 0.2) is 0 Å². The zero-order valence-electron chi connectivity index (χ0n) is 8.00. The number of aliphatic hydroxyl groups is 1. The summed E-state index contributed by atoms with van der Waals surface area (Å²) in [6, 6.07) is 2.46. The van der Waals surface area contributed by atoms with Gasteiger partial charge in [0.25, 0.3) is 0 Å². The van der Waals surface area contributed by atoms with Crippen molar-refractivity contribution >= 4 is 0 Å². The summed E-state index contributed by atoms with van der Waals surface area (Å²) in [5.74, 6) is 0.278. The highest BCUT2D eigenvalue weighted by Gasteiger charge is 2.47. The Bertz CT molecular complexity index is 227. The molecule has 1 N–H and O–H groups in total. The molecule has 13 heavy (non-hydrogen) atoms. The molecule has 0 radical (unpaired) electrons. The van der Waals surface area contributed by atoms with Crippen LogP contribution in [0.1, 0.15) is 44.9 Å². The molecule has 0 spiro atoms. The van der Waals surface area contributed by atoms with E-state index in [1.807, 2.05) is 0 Å². The summed E-state index contributed by atoms with van der Waals surface area (Å²) in [6.07, 6.45) is 7.33. The lowest BCUT2D eigenvalue weighted by molar-refractivity contribution is -0.0231. The first kappa shape index (κ1) is 9.02. The van der Waals surface area contributed by atoms with Gasteiger partial charge >= 0.3 is 0 Å². The van der Waals surface area contributed by atoms with Crippen molar-refractivity contribution in [3.05, 3.63) is 0 Å². The molecule has 0 aliphatic heterocycles. The van der Waals surface area contributed by atoms with Gasteiger partial charge in [-0.25, -0.2) is 0 Å². The van der Waals surface area contributed by atoms with Crippen LogP contribution in [0, 0.1) is 22.7 Å². The molecule has 2 atom stereocenters. The van der Waals surface area contributed by atoms with Gasteiger partial charge in [0, 0.05) is 5.92 Å². The Hall–Kier alpha value is -0.550. The van der Waals surface area contributed by atoms with Crippen LogP contribution in [0.25, 0.3) is 0 Å². The quantitative estimate of drug-likeness (QED) is 0.670. The first-order chi connectivity index (χ1) is 6.28. The van der Waals surface area contributed by atoms with Crippen LogP contribution in [-0.4, -0.2) is 11.2 Å². The summed E-state index contributed by atoms with van der Waals surface area (Å²) in [5.41, 5.74) is -0.139. The van der Waals surface area contributed by atoms with Crippen LogP contribution in [-0.2, 0) is 0 Å². The number of hydrogen-bond acceptors (Lipinski definition) is 2. The van der Waals surface area contributed by atoms with E-state index in [0.29, 0.717) is 0 Å². The van der Waals surface area contributed by atoms with E-state index >= 15 is 0 Å². The first-order valence-electron chi connectivity index (χ1n) is 5.38. The molecule has 2 aliphatic rings. The molecule has 2 fully saturated rings. The number of aliphatic hydroxyl groups excluding tert-OH is 1. The fourth-order valence-corrected chi connectivity index (χ4v) is 2.88. The maximum atomic E-state index is 9.85. The van der Waals surface area contributed by atoms with Gasteiger partial charge in [0.1, 0.15) is 0 Å². The zero-order valence-corrected chi connectivity index (χ0v) is 8.00. The number of hydrogen-bond donors (Lipinski definition) is 1. The highest BCUT2D eigenvalue weighted by atomic mass is 16.3. The highest BCUT2D eigenvalue weighted by molar-refractivity contribution is 5.10. The summed E-state index contributed by atoms with van der Waals surface area (Å²) in [6.45, 7) is 0. The third-order valence-corrected chi connectivity index (χ3v) is 3.91. The Balaban J connectivity index is 2.09.